The number of hydrogen-bond acceptors (Lipinski definition) is 3. The predicted molar refractivity (Wildman–Crippen MR) is 75.0 cm³/mol. The van der Waals surface area contributed by atoms with Gasteiger partial charge in [0.15, 0.2) is 5.43 Å². The van der Waals surface area contributed by atoms with Crippen molar-refractivity contribution < 1.29 is 9.52 Å². The summed E-state index contributed by atoms with van der Waals surface area (Å²) < 4.78 is 5.69. The van der Waals surface area contributed by atoms with Gasteiger partial charge in [0, 0.05) is 11.6 Å². The molecule has 0 amide bonds. The highest BCUT2D eigenvalue weighted by Gasteiger charge is 2.06. The Balaban J connectivity index is 2.24. The van der Waals surface area contributed by atoms with E-state index in [2.05, 4.69) is 0 Å². The predicted octanol–water partition coefficient (Wildman–Crippen LogP) is 1.96. The molecule has 3 aromatic rings. The van der Waals surface area contributed by atoms with E-state index in [0.29, 0.717) is 22.2 Å². The Hall–Kier alpha value is -2.49. The van der Waals surface area contributed by atoms with E-state index in [9.17, 15) is 9.90 Å². The SMILES string of the molecule is [B]c1ccc2oc(-c3ccc(O)cc3)cc(=O)c2c1. The van der Waals surface area contributed by atoms with Crippen LogP contribution in [0.5, 0.6) is 5.75 Å². The van der Waals surface area contributed by atoms with E-state index in [1.165, 1.54) is 6.07 Å². The first-order chi connectivity index (χ1) is 9.13. The normalized spacial score (nSPS) is 10.7. The summed E-state index contributed by atoms with van der Waals surface area (Å²) in [7, 11) is 5.65. The van der Waals surface area contributed by atoms with Crippen LogP contribution in [0.15, 0.2) is 57.7 Å². The van der Waals surface area contributed by atoms with Crippen LogP contribution in [0.2, 0.25) is 0 Å². The van der Waals surface area contributed by atoms with Gasteiger partial charge in [0.2, 0.25) is 0 Å². The van der Waals surface area contributed by atoms with Crippen molar-refractivity contribution in [1.29, 1.82) is 0 Å². The average Bonchev–Trinajstić information content (AvgIpc) is 2.40. The highest BCUT2D eigenvalue weighted by atomic mass is 16.3. The molecule has 0 fully saturated rings. The fraction of sp³-hybridized carbons (Fsp3) is 0. The van der Waals surface area contributed by atoms with E-state index < -0.39 is 0 Å². The average molecular weight is 248 g/mol. The first kappa shape index (κ1) is 11.6. The molecule has 4 heteroatoms. The molecule has 3 nitrogen and oxygen atoms in total. The minimum atomic E-state index is -0.142. The molecule has 0 unspecified atom stereocenters. The van der Waals surface area contributed by atoms with Crippen molar-refractivity contribution in [3.8, 4) is 17.1 Å². The Bertz CT molecular complexity index is 804. The third-order valence-electron chi connectivity index (χ3n) is 2.90. The third kappa shape index (κ3) is 2.13. The van der Waals surface area contributed by atoms with E-state index in [1.54, 1.807) is 42.5 Å². The van der Waals surface area contributed by atoms with Crippen LogP contribution < -0.4 is 10.9 Å². The number of aromatic hydroxyl groups is 1. The number of rotatable bonds is 1. The molecule has 0 atom stereocenters. The lowest BCUT2D eigenvalue weighted by Crippen LogP contribution is -2.06. The second-order valence-corrected chi connectivity index (χ2v) is 4.28. The van der Waals surface area contributed by atoms with Crippen LogP contribution >= 0.6 is 0 Å². The molecule has 0 aliphatic rings. The fourth-order valence-electron chi connectivity index (χ4n) is 1.94. The van der Waals surface area contributed by atoms with Crippen molar-refractivity contribution in [2.75, 3.05) is 0 Å². The minimum absolute atomic E-state index is 0.142. The second kappa shape index (κ2) is 4.32. The lowest BCUT2D eigenvalue weighted by atomic mass is 9.95. The minimum Gasteiger partial charge on any atom is -0.508 e. The van der Waals surface area contributed by atoms with Crippen molar-refractivity contribution in [3.05, 3.63) is 58.8 Å². The van der Waals surface area contributed by atoms with Gasteiger partial charge in [-0.05, 0) is 30.3 Å². The van der Waals surface area contributed by atoms with Gasteiger partial charge in [-0.2, -0.15) is 0 Å². The molecule has 0 aliphatic heterocycles. The molecule has 2 radical (unpaired) electrons. The molecule has 3 rings (SSSR count). The summed E-state index contributed by atoms with van der Waals surface area (Å²) in [4.78, 5) is 12.0. The number of phenols is 1. The Morgan fingerprint density at radius 1 is 1.00 bits per heavy atom. The lowest BCUT2D eigenvalue weighted by molar-refractivity contribution is 0.475. The van der Waals surface area contributed by atoms with E-state index in [4.69, 9.17) is 12.3 Å². The van der Waals surface area contributed by atoms with Crippen molar-refractivity contribution in [2.45, 2.75) is 0 Å². The van der Waals surface area contributed by atoms with Gasteiger partial charge in [0.1, 0.15) is 24.9 Å². The molecule has 0 spiro atoms. The van der Waals surface area contributed by atoms with E-state index in [1.807, 2.05) is 0 Å². The van der Waals surface area contributed by atoms with Gasteiger partial charge in [-0.1, -0.05) is 17.6 Å². The van der Waals surface area contributed by atoms with Crippen LogP contribution in [0.4, 0.5) is 0 Å². The Kier molecular flexibility index (Phi) is 2.64. The first-order valence-electron chi connectivity index (χ1n) is 5.76. The number of hydrogen-bond donors (Lipinski definition) is 1. The maximum absolute atomic E-state index is 12.0. The summed E-state index contributed by atoms with van der Waals surface area (Å²) in [5.41, 5.74) is 1.60. The molecule has 1 heterocycles. The van der Waals surface area contributed by atoms with Gasteiger partial charge in [-0.25, -0.2) is 0 Å². The summed E-state index contributed by atoms with van der Waals surface area (Å²) in [5, 5.41) is 9.71. The van der Waals surface area contributed by atoms with Crippen molar-refractivity contribution in [1.82, 2.24) is 0 Å². The third-order valence-corrected chi connectivity index (χ3v) is 2.90. The summed E-state index contributed by atoms with van der Waals surface area (Å²) in [5.74, 6) is 0.627. The van der Waals surface area contributed by atoms with Gasteiger partial charge in [-0.15, -0.1) is 0 Å². The molecule has 0 saturated heterocycles. The molecular weight excluding hydrogens is 239 g/mol. The van der Waals surface area contributed by atoms with Gasteiger partial charge in [0.25, 0.3) is 0 Å². The number of benzene rings is 2. The zero-order valence-electron chi connectivity index (χ0n) is 9.96. The molecule has 0 saturated carbocycles. The van der Waals surface area contributed by atoms with Crippen molar-refractivity contribution in [3.63, 3.8) is 0 Å². The summed E-state index contributed by atoms with van der Waals surface area (Å²) in [6.07, 6.45) is 0. The molecule has 0 bridgehead atoms. The summed E-state index contributed by atoms with van der Waals surface area (Å²) >= 11 is 0. The van der Waals surface area contributed by atoms with Gasteiger partial charge in [0.05, 0.1) is 5.39 Å². The van der Waals surface area contributed by atoms with E-state index >= 15 is 0 Å². The van der Waals surface area contributed by atoms with Crippen LogP contribution in [-0.2, 0) is 0 Å². The van der Waals surface area contributed by atoms with Crippen LogP contribution in [0.1, 0.15) is 0 Å². The maximum atomic E-state index is 12.0. The Labute approximate surface area is 110 Å². The van der Waals surface area contributed by atoms with Crippen LogP contribution in [0.3, 0.4) is 0 Å². The second-order valence-electron chi connectivity index (χ2n) is 4.28. The molecule has 90 valence electrons. The monoisotopic (exact) mass is 248 g/mol. The first-order valence-corrected chi connectivity index (χ1v) is 5.76. The Morgan fingerprint density at radius 2 is 1.74 bits per heavy atom. The van der Waals surface area contributed by atoms with Gasteiger partial charge < -0.3 is 9.52 Å². The van der Waals surface area contributed by atoms with E-state index in [-0.39, 0.29) is 11.2 Å². The van der Waals surface area contributed by atoms with Crippen LogP contribution in [-0.4, -0.2) is 13.0 Å². The molecular formula is C15H9BO3. The zero-order chi connectivity index (χ0) is 13.4. The standard InChI is InChI=1S/C15H9BO3/c16-10-3-6-14-12(7-10)13(18)8-15(19-14)9-1-4-11(17)5-2-9/h1-8,17H. The van der Waals surface area contributed by atoms with Gasteiger partial charge in [-0.3, -0.25) is 4.79 Å². The molecule has 1 aromatic heterocycles. The smallest absolute Gasteiger partial charge is 0.193 e. The van der Waals surface area contributed by atoms with Crippen LogP contribution in [0, 0.1) is 0 Å². The Morgan fingerprint density at radius 3 is 2.47 bits per heavy atom. The highest BCUT2D eigenvalue weighted by Crippen LogP contribution is 2.23. The maximum Gasteiger partial charge on any atom is 0.193 e. The molecule has 0 aliphatic carbocycles. The lowest BCUT2D eigenvalue weighted by Gasteiger charge is -2.04. The van der Waals surface area contributed by atoms with Crippen molar-refractivity contribution in [2.24, 2.45) is 0 Å². The molecule has 19 heavy (non-hydrogen) atoms. The van der Waals surface area contributed by atoms with Crippen molar-refractivity contribution >= 4 is 24.3 Å². The summed E-state index contributed by atoms with van der Waals surface area (Å²) in [6, 6.07) is 12.9. The van der Waals surface area contributed by atoms with Gasteiger partial charge >= 0.3 is 0 Å². The van der Waals surface area contributed by atoms with Crippen LogP contribution in [0.25, 0.3) is 22.3 Å². The van der Waals surface area contributed by atoms with E-state index in [0.717, 1.165) is 5.56 Å². The number of phenolic OH excluding ortho intramolecular Hbond substituents is 1. The number of fused-ring (bicyclic) bond motifs is 1. The summed E-state index contributed by atoms with van der Waals surface area (Å²) in [6.45, 7) is 0. The molecule has 1 N–H and O–H groups in total. The largest absolute Gasteiger partial charge is 0.508 e. The molecule has 2 aromatic carbocycles. The zero-order valence-corrected chi connectivity index (χ0v) is 9.96. The quantitative estimate of drug-likeness (QED) is 0.669. The highest BCUT2D eigenvalue weighted by molar-refractivity contribution is 6.33. The fourth-order valence-corrected chi connectivity index (χ4v) is 1.94. The topological polar surface area (TPSA) is 50.4 Å².